The van der Waals surface area contributed by atoms with Crippen molar-refractivity contribution in [2.75, 3.05) is 0 Å². The molecule has 0 amide bonds. The Morgan fingerprint density at radius 3 is 2.90 bits per heavy atom. The van der Waals surface area contributed by atoms with Gasteiger partial charge in [0.1, 0.15) is 24.1 Å². The van der Waals surface area contributed by atoms with Gasteiger partial charge in [0.25, 0.3) is 0 Å². The van der Waals surface area contributed by atoms with Gasteiger partial charge in [0, 0.05) is 23.4 Å². The predicted octanol–water partition coefficient (Wildman–Crippen LogP) is 2.86. The van der Waals surface area contributed by atoms with Crippen molar-refractivity contribution in [3.05, 3.63) is 58.9 Å². The monoisotopic (exact) mass is 267 g/mol. The fraction of sp³-hybridized carbons (Fsp3) is 0.250. The van der Waals surface area contributed by atoms with Crippen LogP contribution in [-0.2, 0) is 6.61 Å². The number of nitriles is 1. The van der Waals surface area contributed by atoms with Gasteiger partial charge in [-0.15, -0.1) is 0 Å². The minimum absolute atomic E-state index is 0.102. The van der Waals surface area contributed by atoms with Crippen molar-refractivity contribution in [3.63, 3.8) is 0 Å². The quantitative estimate of drug-likeness (QED) is 0.924. The lowest BCUT2D eigenvalue weighted by molar-refractivity contribution is 0.300. The zero-order chi connectivity index (χ0) is 14.5. The van der Waals surface area contributed by atoms with Crippen molar-refractivity contribution in [3.8, 4) is 11.8 Å². The molecule has 0 aliphatic carbocycles. The Morgan fingerprint density at radius 1 is 1.40 bits per heavy atom. The number of pyridine rings is 1. The summed E-state index contributed by atoms with van der Waals surface area (Å²) in [5.74, 6) is 0.757. The summed E-state index contributed by atoms with van der Waals surface area (Å²) in [5, 5.41) is 9.01. The molecule has 0 aliphatic rings. The van der Waals surface area contributed by atoms with E-state index in [1.165, 1.54) is 0 Å². The van der Waals surface area contributed by atoms with E-state index in [1.807, 2.05) is 38.1 Å². The molecule has 0 spiro atoms. The van der Waals surface area contributed by atoms with Gasteiger partial charge < -0.3 is 10.5 Å². The third-order valence-corrected chi connectivity index (χ3v) is 3.04. The lowest BCUT2D eigenvalue weighted by Gasteiger charge is -2.15. The number of nitrogens with two attached hydrogens (primary N) is 1. The van der Waals surface area contributed by atoms with E-state index in [-0.39, 0.29) is 6.04 Å². The van der Waals surface area contributed by atoms with Crippen LogP contribution in [0.15, 0.2) is 36.5 Å². The number of nitrogens with zero attached hydrogens (tertiary/aromatic N) is 2. The summed E-state index contributed by atoms with van der Waals surface area (Å²) in [6, 6.07) is 11.5. The van der Waals surface area contributed by atoms with Crippen LogP contribution in [0, 0.1) is 18.3 Å². The minimum atomic E-state index is -0.102. The van der Waals surface area contributed by atoms with Gasteiger partial charge in [-0.2, -0.15) is 5.26 Å². The lowest BCUT2D eigenvalue weighted by Crippen LogP contribution is -2.09. The van der Waals surface area contributed by atoms with Gasteiger partial charge in [0.05, 0.1) is 0 Å². The van der Waals surface area contributed by atoms with Crippen molar-refractivity contribution < 1.29 is 4.74 Å². The molecule has 1 aromatic heterocycles. The van der Waals surface area contributed by atoms with E-state index in [0.29, 0.717) is 12.3 Å². The predicted molar refractivity (Wildman–Crippen MR) is 77.1 cm³/mol. The van der Waals surface area contributed by atoms with E-state index in [2.05, 4.69) is 11.1 Å². The van der Waals surface area contributed by atoms with Crippen LogP contribution in [0.4, 0.5) is 0 Å². The number of rotatable bonds is 4. The first kappa shape index (κ1) is 14.0. The number of hydrogen-bond acceptors (Lipinski definition) is 4. The van der Waals surface area contributed by atoms with Gasteiger partial charge >= 0.3 is 0 Å². The van der Waals surface area contributed by atoms with Crippen molar-refractivity contribution in [1.29, 1.82) is 5.26 Å². The molecule has 0 saturated heterocycles. The average Bonchev–Trinajstić information content (AvgIpc) is 2.45. The van der Waals surface area contributed by atoms with Gasteiger partial charge in [-0.05, 0) is 31.5 Å². The number of benzene rings is 1. The van der Waals surface area contributed by atoms with Gasteiger partial charge in [-0.25, -0.2) is 4.98 Å². The molecule has 0 saturated carbocycles. The molecule has 1 atom stereocenters. The largest absolute Gasteiger partial charge is 0.488 e. The van der Waals surface area contributed by atoms with Crippen molar-refractivity contribution in [1.82, 2.24) is 4.98 Å². The maximum Gasteiger partial charge on any atom is 0.147 e. The second kappa shape index (κ2) is 6.18. The number of aromatic nitrogens is 1. The first-order valence-corrected chi connectivity index (χ1v) is 6.44. The highest BCUT2D eigenvalue weighted by Gasteiger charge is 2.10. The summed E-state index contributed by atoms with van der Waals surface area (Å²) in [7, 11) is 0. The molecule has 4 nitrogen and oxygen atoms in total. The highest BCUT2D eigenvalue weighted by molar-refractivity contribution is 5.39. The standard InChI is InChI=1S/C16H17N3O/c1-11-5-6-14(12(2)18)16(8-11)20-10-13-4-3-7-19-15(13)9-17/h3-8,12H,10,18H2,1-2H3/t12-/m0/s1. The number of ether oxygens (including phenoxy) is 1. The Balaban J connectivity index is 2.23. The smallest absolute Gasteiger partial charge is 0.147 e. The summed E-state index contributed by atoms with van der Waals surface area (Å²) in [6.07, 6.45) is 1.60. The fourth-order valence-corrected chi connectivity index (χ4v) is 1.95. The topological polar surface area (TPSA) is 71.9 Å². The Bertz CT molecular complexity index is 644. The van der Waals surface area contributed by atoms with Crippen LogP contribution in [0.3, 0.4) is 0 Å². The normalized spacial score (nSPS) is 11.7. The Labute approximate surface area is 118 Å². The van der Waals surface area contributed by atoms with Crippen molar-refractivity contribution in [2.45, 2.75) is 26.5 Å². The van der Waals surface area contributed by atoms with Crippen LogP contribution in [0.25, 0.3) is 0 Å². The summed E-state index contributed by atoms with van der Waals surface area (Å²) in [5.41, 5.74) is 9.17. The maximum absolute atomic E-state index is 9.01. The molecule has 0 aliphatic heterocycles. The van der Waals surface area contributed by atoms with Crippen LogP contribution >= 0.6 is 0 Å². The SMILES string of the molecule is Cc1ccc([C@H](C)N)c(OCc2cccnc2C#N)c1. The zero-order valence-electron chi connectivity index (χ0n) is 11.6. The Morgan fingerprint density at radius 2 is 2.20 bits per heavy atom. The first-order valence-electron chi connectivity index (χ1n) is 6.44. The third kappa shape index (κ3) is 3.14. The van der Waals surface area contributed by atoms with Gasteiger partial charge in [0.2, 0.25) is 0 Å². The molecule has 2 N–H and O–H groups in total. The summed E-state index contributed by atoms with van der Waals surface area (Å²) >= 11 is 0. The van der Waals surface area contributed by atoms with Gasteiger partial charge in [-0.1, -0.05) is 18.2 Å². The van der Waals surface area contributed by atoms with E-state index in [0.717, 1.165) is 22.4 Å². The molecule has 102 valence electrons. The van der Waals surface area contributed by atoms with Crippen LogP contribution in [0.5, 0.6) is 5.75 Å². The summed E-state index contributed by atoms with van der Waals surface area (Å²) in [6.45, 7) is 4.23. The van der Waals surface area contributed by atoms with Gasteiger partial charge in [-0.3, -0.25) is 0 Å². The van der Waals surface area contributed by atoms with E-state index >= 15 is 0 Å². The molecule has 1 heterocycles. The van der Waals surface area contributed by atoms with E-state index in [1.54, 1.807) is 12.3 Å². The molecule has 20 heavy (non-hydrogen) atoms. The molecular formula is C16H17N3O. The fourth-order valence-electron chi connectivity index (χ4n) is 1.95. The van der Waals surface area contributed by atoms with Crippen LogP contribution in [-0.4, -0.2) is 4.98 Å². The molecule has 4 heteroatoms. The third-order valence-electron chi connectivity index (χ3n) is 3.04. The van der Waals surface area contributed by atoms with E-state index < -0.39 is 0 Å². The Kier molecular flexibility index (Phi) is 4.34. The zero-order valence-corrected chi connectivity index (χ0v) is 11.6. The lowest BCUT2D eigenvalue weighted by atomic mass is 10.1. The van der Waals surface area contributed by atoms with Crippen LogP contribution < -0.4 is 10.5 Å². The second-order valence-electron chi connectivity index (χ2n) is 4.74. The molecule has 2 aromatic rings. The molecule has 0 bridgehead atoms. The molecule has 0 radical (unpaired) electrons. The molecule has 0 unspecified atom stereocenters. The minimum Gasteiger partial charge on any atom is -0.488 e. The van der Waals surface area contributed by atoms with Crippen molar-refractivity contribution >= 4 is 0 Å². The molecular weight excluding hydrogens is 250 g/mol. The first-order chi connectivity index (χ1) is 9.61. The second-order valence-corrected chi connectivity index (χ2v) is 4.74. The van der Waals surface area contributed by atoms with Crippen LogP contribution in [0.1, 0.15) is 35.3 Å². The average molecular weight is 267 g/mol. The molecule has 2 rings (SSSR count). The van der Waals surface area contributed by atoms with Gasteiger partial charge in [0.15, 0.2) is 0 Å². The summed E-state index contributed by atoms with van der Waals surface area (Å²) < 4.78 is 5.84. The highest BCUT2D eigenvalue weighted by atomic mass is 16.5. The molecule has 1 aromatic carbocycles. The van der Waals surface area contributed by atoms with E-state index in [4.69, 9.17) is 15.7 Å². The Hall–Kier alpha value is -2.38. The van der Waals surface area contributed by atoms with Crippen LogP contribution in [0.2, 0.25) is 0 Å². The molecule has 0 fully saturated rings. The maximum atomic E-state index is 9.01. The van der Waals surface area contributed by atoms with E-state index in [9.17, 15) is 0 Å². The highest BCUT2D eigenvalue weighted by Crippen LogP contribution is 2.26. The number of hydrogen-bond donors (Lipinski definition) is 1. The number of aryl methyl sites for hydroxylation is 1. The van der Waals surface area contributed by atoms with Crippen molar-refractivity contribution in [2.24, 2.45) is 5.73 Å². The summed E-state index contributed by atoms with van der Waals surface area (Å²) in [4.78, 5) is 4.02.